The summed E-state index contributed by atoms with van der Waals surface area (Å²) in [5.41, 5.74) is 10.2. The van der Waals surface area contributed by atoms with Gasteiger partial charge in [-0.05, 0) is 55.9 Å². The summed E-state index contributed by atoms with van der Waals surface area (Å²) in [6.45, 7) is 3.58. The fourth-order valence-electron chi connectivity index (χ4n) is 6.34. The number of rotatable bonds is 5. The van der Waals surface area contributed by atoms with Crippen molar-refractivity contribution in [3.8, 4) is 17.0 Å². The van der Waals surface area contributed by atoms with Crippen LogP contribution in [0.5, 0.6) is 5.75 Å². The van der Waals surface area contributed by atoms with Crippen molar-refractivity contribution in [1.29, 1.82) is 0 Å². The molecule has 9 nitrogen and oxygen atoms in total. The van der Waals surface area contributed by atoms with Gasteiger partial charge >= 0.3 is 0 Å². The van der Waals surface area contributed by atoms with Gasteiger partial charge < -0.3 is 20.6 Å². The lowest BCUT2D eigenvalue weighted by Gasteiger charge is -2.35. The molecule has 2 aliphatic heterocycles. The van der Waals surface area contributed by atoms with Gasteiger partial charge in [0, 0.05) is 49.1 Å². The molecule has 3 N–H and O–H groups in total. The molecule has 0 spiro atoms. The normalized spacial score (nSPS) is 20.4. The summed E-state index contributed by atoms with van der Waals surface area (Å²) in [7, 11) is 0. The number of anilines is 1. The van der Waals surface area contributed by atoms with E-state index in [1.54, 1.807) is 10.6 Å². The number of carbonyl (C=O) groups excluding carboxylic acids is 2. The second-order valence-electron chi connectivity index (χ2n) is 11.4. The van der Waals surface area contributed by atoms with E-state index in [1.807, 2.05) is 34.9 Å². The summed E-state index contributed by atoms with van der Waals surface area (Å²) in [6.07, 6.45) is 3.33. The van der Waals surface area contributed by atoms with Crippen LogP contribution in [0.1, 0.15) is 65.5 Å². The first-order valence-electron chi connectivity index (χ1n) is 14.1. The molecular weight excluding hydrogens is 523 g/mol. The number of hydrogen-bond donors (Lipinski definition) is 2. The highest BCUT2D eigenvalue weighted by atomic mass is 19.1. The Hall–Kier alpha value is -4.47. The Morgan fingerprint density at radius 1 is 1.07 bits per heavy atom. The molecule has 2 atom stereocenters. The van der Waals surface area contributed by atoms with Crippen LogP contribution < -0.4 is 10.6 Å². The number of amides is 2. The maximum atomic E-state index is 15.5. The lowest BCUT2D eigenvalue weighted by atomic mass is 9.93. The molecule has 3 aliphatic rings. The summed E-state index contributed by atoms with van der Waals surface area (Å²) in [5, 5.41) is 15.6. The Bertz CT molecular complexity index is 1690. The van der Waals surface area contributed by atoms with Crippen molar-refractivity contribution in [1.82, 2.24) is 19.5 Å². The van der Waals surface area contributed by atoms with Crippen molar-refractivity contribution in [3.05, 3.63) is 76.9 Å². The molecular formula is C31H31FN6O3. The predicted octanol–water partition coefficient (Wildman–Crippen LogP) is 4.19. The number of primary amides is 1. The molecule has 7 rings (SSSR count). The van der Waals surface area contributed by atoms with Crippen LogP contribution in [-0.2, 0) is 11.2 Å². The Balaban J connectivity index is 1.23. The summed E-state index contributed by atoms with van der Waals surface area (Å²) in [5.74, 6) is -1.46. The van der Waals surface area contributed by atoms with Crippen molar-refractivity contribution < 1.29 is 19.1 Å². The number of aromatic nitrogens is 3. The lowest BCUT2D eigenvalue weighted by Crippen LogP contribution is -2.39. The van der Waals surface area contributed by atoms with Crippen LogP contribution in [0.4, 0.5) is 10.1 Å². The van der Waals surface area contributed by atoms with Crippen LogP contribution in [0.2, 0.25) is 0 Å². The summed E-state index contributed by atoms with van der Waals surface area (Å²) >= 11 is 0. The van der Waals surface area contributed by atoms with Gasteiger partial charge in [-0.1, -0.05) is 24.3 Å². The number of carbonyl (C=O) groups is 2. The van der Waals surface area contributed by atoms with Crippen LogP contribution >= 0.6 is 0 Å². The first-order valence-corrected chi connectivity index (χ1v) is 14.1. The standard InChI is InChI=1S/C31H31FN6O3/c1-17-22-5-3-2-4-18(22)9-11-37(17)31(41)25-14-26(19-6-7-19)38-28(34-25)15-24(35-38)29-23(32)12-21(13-27(29)39)36-10-8-20(16-36)30(33)40/h2-5,12-15,17,19-20,39H,6-11,16H2,1H3,(H2,33,40)/t17-,20+/m1/s1. The van der Waals surface area contributed by atoms with Gasteiger partial charge in [0.2, 0.25) is 5.91 Å². The molecule has 2 aromatic carbocycles. The molecule has 4 aromatic rings. The molecule has 2 amide bonds. The van der Waals surface area contributed by atoms with Gasteiger partial charge in [-0.3, -0.25) is 9.59 Å². The minimum absolute atomic E-state index is 0.0271. The van der Waals surface area contributed by atoms with Crippen molar-refractivity contribution in [2.45, 2.75) is 44.6 Å². The number of halogens is 1. The zero-order valence-corrected chi connectivity index (χ0v) is 22.8. The Morgan fingerprint density at radius 3 is 2.61 bits per heavy atom. The fourth-order valence-corrected chi connectivity index (χ4v) is 6.34. The summed E-state index contributed by atoms with van der Waals surface area (Å²) in [6, 6.07) is 14.4. The smallest absolute Gasteiger partial charge is 0.273 e. The minimum atomic E-state index is -0.629. The number of phenols is 1. The maximum absolute atomic E-state index is 15.5. The van der Waals surface area contributed by atoms with Crippen molar-refractivity contribution in [2.24, 2.45) is 11.7 Å². The van der Waals surface area contributed by atoms with Crippen LogP contribution in [0.3, 0.4) is 0 Å². The highest BCUT2D eigenvalue weighted by molar-refractivity contribution is 5.93. The van der Waals surface area contributed by atoms with Crippen molar-refractivity contribution in [3.63, 3.8) is 0 Å². The molecule has 0 unspecified atom stereocenters. The maximum Gasteiger partial charge on any atom is 0.273 e. The second kappa shape index (κ2) is 9.57. The third kappa shape index (κ3) is 4.38. The van der Waals surface area contributed by atoms with Gasteiger partial charge in [0.05, 0.1) is 17.5 Å². The van der Waals surface area contributed by atoms with Gasteiger partial charge in [-0.15, -0.1) is 0 Å². The monoisotopic (exact) mass is 554 g/mol. The zero-order valence-electron chi connectivity index (χ0n) is 22.8. The Morgan fingerprint density at radius 2 is 1.88 bits per heavy atom. The van der Waals surface area contributed by atoms with Crippen LogP contribution in [0, 0.1) is 11.7 Å². The van der Waals surface area contributed by atoms with E-state index >= 15 is 4.39 Å². The third-order valence-corrected chi connectivity index (χ3v) is 8.79. The SMILES string of the molecule is C[C@@H]1c2ccccc2CCN1C(=O)c1cc(C2CC2)n2nc(-c3c(O)cc(N4CC[C@H](C(N)=O)C4)cc3F)cc2n1. The molecule has 1 saturated heterocycles. The van der Waals surface area contributed by atoms with Crippen LogP contribution in [-0.4, -0.2) is 56.1 Å². The van der Waals surface area contributed by atoms with Gasteiger partial charge in [-0.2, -0.15) is 5.10 Å². The number of nitrogens with zero attached hydrogens (tertiary/aromatic N) is 5. The highest BCUT2D eigenvalue weighted by Gasteiger charge is 2.33. The molecule has 2 aromatic heterocycles. The molecule has 210 valence electrons. The molecule has 4 heterocycles. The average Bonchev–Trinajstić information content (AvgIpc) is 3.51. The number of aromatic hydroxyl groups is 1. The molecule has 0 radical (unpaired) electrons. The molecule has 0 bridgehead atoms. The van der Waals surface area contributed by atoms with Crippen molar-refractivity contribution in [2.75, 3.05) is 24.5 Å². The van der Waals surface area contributed by atoms with E-state index in [9.17, 15) is 14.7 Å². The van der Waals surface area contributed by atoms with E-state index < -0.39 is 5.82 Å². The molecule has 2 fully saturated rings. The van der Waals surface area contributed by atoms with E-state index in [0.29, 0.717) is 43.1 Å². The van der Waals surface area contributed by atoms with E-state index in [4.69, 9.17) is 5.73 Å². The Kier molecular flexibility index (Phi) is 5.95. The lowest BCUT2D eigenvalue weighted by molar-refractivity contribution is -0.121. The van der Waals surface area contributed by atoms with Crippen LogP contribution in [0.15, 0.2) is 48.5 Å². The number of hydrogen-bond acceptors (Lipinski definition) is 6. The number of nitrogens with two attached hydrogens (primary N) is 1. The van der Waals surface area contributed by atoms with Crippen molar-refractivity contribution >= 4 is 23.1 Å². The summed E-state index contributed by atoms with van der Waals surface area (Å²) < 4.78 is 17.2. The fraction of sp³-hybridized carbons (Fsp3) is 0.355. The molecule has 41 heavy (non-hydrogen) atoms. The van der Waals surface area contributed by atoms with Gasteiger partial charge in [0.1, 0.15) is 23.0 Å². The topological polar surface area (TPSA) is 117 Å². The average molecular weight is 555 g/mol. The minimum Gasteiger partial charge on any atom is -0.507 e. The Labute approximate surface area is 236 Å². The van der Waals surface area contributed by atoms with E-state index in [0.717, 1.165) is 30.5 Å². The number of benzene rings is 2. The zero-order chi connectivity index (χ0) is 28.4. The quantitative estimate of drug-likeness (QED) is 0.382. The van der Waals surface area contributed by atoms with E-state index in [2.05, 4.69) is 22.2 Å². The molecule has 10 heteroatoms. The third-order valence-electron chi connectivity index (χ3n) is 8.79. The molecule has 1 saturated carbocycles. The predicted molar refractivity (Wildman–Crippen MR) is 151 cm³/mol. The van der Waals surface area contributed by atoms with Gasteiger partial charge in [0.15, 0.2) is 5.65 Å². The highest BCUT2D eigenvalue weighted by Crippen LogP contribution is 2.42. The first-order chi connectivity index (χ1) is 19.8. The largest absolute Gasteiger partial charge is 0.507 e. The first kappa shape index (κ1) is 25.5. The second-order valence-corrected chi connectivity index (χ2v) is 11.4. The number of phenolic OH excluding ortho intramolecular Hbond substituents is 1. The van der Waals surface area contributed by atoms with Gasteiger partial charge in [0.25, 0.3) is 5.91 Å². The van der Waals surface area contributed by atoms with E-state index in [1.165, 1.54) is 17.7 Å². The molecule has 1 aliphatic carbocycles. The summed E-state index contributed by atoms with van der Waals surface area (Å²) in [4.78, 5) is 33.7. The number of fused-ring (bicyclic) bond motifs is 2. The van der Waals surface area contributed by atoms with Crippen LogP contribution in [0.25, 0.3) is 16.9 Å². The van der Waals surface area contributed by atoms with Gasteiger partial charge in [-0.25, -0.2) is 13.9 Å². The van der Waals surface area contributed by atoms with E-state index in [-0.39, 0.29) is 46.7 Å².